The summed E-state index contributed by atoms with van der Waals surface area (Å²) in [5.41, 5.74) is 0. The number of unbranched alkanes of at least 4 members (excludes halogenated alkanes) is 2. The van der Waals surface area contributed by atoms with E-state index < -0.39 is 15.2 Å². The minimum Gasteiger partial charge on any atom is -1.00 e. The Bertz CT molecular complexity index is 1480. The third-order valence-electron chi connectivity index (χ3n) is 8.03. The van der Waals surface area contributed by atoms with Crippen LogP contribution in [0.4, 0.5) is 0 Å². The Kier molecular flexibility index (Phi) is 21.4. The molecule has 0 N–H and O–H groups in total. The van der Waals surface area contributed by atoms with Gasteiger partial charge < -0.3 is 17.0 Å². The molecule has 0 heterocycles. The van der Waals surface area contributed by atoms with Gasteiger partial charge in [0.05, 0.1) is 6.16 Å². The van der Waals surface area contributed by atoms with Crippen molar-refractivity contribution in [3.05, 3.63) is 182 Å². The van der Waals surface area contributed by atoms with E-state index in [9.17, 15) is 0 Å². The maximum absolute atomic E-state index is 3.60. The molecule has 6 aromatic carbocycles. The van der Waals surface area contributed by atoms with E-state index in [0.717, 1.165) is 16.0 Å². The van der Waals surface area contributed by atoms with E-state index in [4.69, 9.17) is 0 Å². The second kappa shape index (κ2) is 25.1. The molecule has 260 valence electrons. The third kappa shape index (κ3) is 12.9. The molecule has 6 rings (SSSR count). The molecule has 0 spiro atoms. The van der Waals surface area contributed by atoms with E-state index in [-0.39, 0.29) is 17.0 Å². The van der Waals surface area contributed by atoms with Crippen molar-refractivity contribution < 1.29 is 17.0 Å². The molecule has 0 unspecified atom stereocenters. The average Bonchev–Trinajstić information content (AvgIpc) is 3.19. The van der Waals surface area contributed by atoms with E-state index in [2.05, 4.69) is 230 Å². The van der Waals surface area contributed by atoms with Crippen LogP contribution in [0.2, 0.25) is 0 Å². The monoisotopic (exact) mass is 952 g/mol. The van der Waals surface area contributed by atoms with E-state index >= 15 is 0 Å². The zero-order valence-electron chi connectivity index (χ0n) is 28.4. The molecule has 0 amide bonds. The standard InChI is InChI=1S/C22H23BrP.C18H15P.C4H8Br2.BrH/c23-18-10-11-19-24(20-12-4-1-5-13-20,21-14-6-2-7-15-21)22-16-8-3-9-17-22;1-4-10-16(11-5-1)19(17-12-6-2-7-13-17)18-14-8-3-9-15-18;5-3-1-2-4-6;/h1-9,12-17H,10-11,18-19H2;1-15H;1-4H2;1H/q+1;;;/p-1. The van der Waals surface area contributed by atoms with Crippen LogP contribution in [0, 0.1) is 0 Å². The molecule has 0 saturated carbocycles. The first kappa shape index (κ1) is 42.5. The molecule has 6 heteroatoms. The Hall–Kier alpha value is -1.90. The van der Waals surface area contributed by atoms with Gasteiger partial charge in [-0.25, -0.2) is 0 Å². The Morgan fingerprint density at radius 2 is 0.580 bits per heavy atom. The van der Waals surface area contributed by atoms with Gasteiger partial charge in [0.25, 0.3) is 0 Å². The highest BCUT2D eigenvalue weighted by Gasteiger charge is 2.44. The van der Waals surface area contributed by atoms with Crippen LogP contribution >= 0.6 is 63.0 Å². The summed E-state index contributed by atoms with van der Waals surface area (Å²) in [6, 6.07) is 65.7. The van der Waals surface area contributed by atoms with Crippen LogP contribution in [0.25, 0.3) is 0 Å². The summed E-state index contributed by atoms with van der Waals surface area (Å²) in [7, 11) is -2.05. The molecule has 0 aliphatic carbocycles. The van der Waals surface area contributed by atoms with Gasteiger partial charge in [-0.3, -0.25) is 0 Å². The lowest BCUT2D eigenvalue weighted by Gasteiger charge is -2.27. The van der Waals surface area contributed by atoms with Crippen LogP contribution in [0.3, 0.4) is 0 Å². The maximum Gasteiger partial charge on any atom is 0.112 e. The van der Waals surface area contributed by atoms with E-state index in [1.54, 1.807) is 0 Å². The summed E-state index contributed by atoms with van der Waals surface area (Å²) < 4.78 is 0. The average molecular weight is 956 g/mol. The first-order valence-electron chi connectivity index (χ1n) is 16.9. The van der Waals surface area contributed by atoms with Gasteiger partial charge in [0.1, 0.15) is 23.2 Å². The van der Waals surface area contributed by atoms with Crippen LogP contribution in [-0.4, -0.2) is 22.2 Å². The second-order valence-corrected chi connectivity index (χ2v) is 19.6. The molecule has 0 saturated heterocycles. The molecule has 0 atom stereocenters. The van der Waals surface area contributed by atoms with E-state index in [0.29, 0.717) is 0 Å². The second-order valence-electron chi connectivity index (χ2n) is 11.4. The third-order valence-corrected chi connectivity index (χ3v) is 16.7. The SMILES string of the molecule is BrCCCCBr.BrCCCC[P+](c1ccccc1)(c1ccccc1)c1ccccc1.[Br-].c1ccc(P(c2ccccc2)c2ccccc2)cc1. The van der Waals surface area contributed by atoms with E-state index in [1.807, 2.05) is 0 Å². The normalized spacial score (nSPS) is 10.6. The molecule has 50 heavy (non-hydrogen) atoms. The number of alkyl halides is 3. The van der Waals surface area contributed by atoms with Crippen LogP contribution in [0.15, 0.2) is 182 Å². The lowest BCUT2D eigenvalue weighted by molar-refractivity contribution is -0.00000921. The first-order valence-corrected chi connectivity index (χ1v) is 23.6. The summed E-state index contributed by atoms with van der Waals surface area (Å²) in [5.74, 6) is 0. The van der Waals surface area contributed by atoms with E-state index in [1.165, 1.54) is 63.7 Å². The van der Waals surface area contributed by atoms with Crippen molar-refractivity contribution in [1.29, 1.82) is 0 Å². The number of benzene rings is 6. The minimum absolute atomic E-state index is 0. The van der Waals surface area contributed by atoms with Crippen LogP contribution in [0.5, 0.6) is 0 Å². The highest BCUT2D eigenvalue weighted by molar-refractivity contribution is 9.09. The number of rotatable bonds is 13. The predicted molar refractivity (Wildman–Crippen MR) is 235 cm³/mol. The summed E-state index contributed by atoms with van der Waals surface area (Å²) in [5, 5.41) is 12.0. The van der Waals surface area contributed by atoms with Gasteiger partial charge in [0, 0.05) is 16.0 Å². The first-order chi connectivity index (χ1) is 24.2. The summed E-state index contributed by atoms with van der Waals surface area (Å²) in [6.07, 6.45) is 6.24. The fourth-order valence-corrected chi connectivity index (χ4v) is 13.6. The smallest absolute Gasteiger partial charge is 0.112 e. The Morgan fingerprint density at radius 1 is 0.340 bits per heavy atom. The lowest BCUT2D eigenvalue weighted by atomic mass is 10.3. The van der Waals surface area contributed by atoms with Crippen LogP contribution < -0.4 is 48.8 Å². The number of hydrogen-bond acceptors (Lipinski definition) is 0. The van der Waals surface area contributed by atoms with Crippen molar-refractivity contribution in [1.82, 2.24) is 0 Å². The zero-order chi connectivity index (χ0) is 34.4. The number of halogens is 4. The van der Waals surface area contributed by atoms with Gasteiger partial charge in [0.2, 0.25) is 0 Å². The minimum atomic E-state index is -1.60. The van der Waals surface area contributed by atoms with Crippen molar-refractivity contribution in [2.45, 2.75) is 25.7 Å². The van der Waals surface area contributed by atoms with Crippen molar-refractivity contribution in [2.24, 2.45) is 0 Å². The fourth-order valence-electron chi connectivity index (χ4n) is 5.69. The van der Waals surface area contributed by atoms with Crippen molar-refractivity contribution in [3.8, 4) is 0 Å². The van der Waals surface area contributed by atoms with Crippen molar-refractivity contribution in [2.75, 3.05) is 22.2 Å². The number of hydrogen-bond donors (Lipinski definition) is 0. The van der Waals surface area contributed by atoms with Crippen LogP contribution in [0.1, 0.15) is 25.7 Å². The molecule has 0 bridgehead atoms. The van der Waals surface area contributed by atoms with Crippen LogP contribution in [-0.2, 0) is 0 Å². The zero-order valence-corrected chi connectivity index (χ0v) is 36.5. The highest BCUT2D eigenvalue weighted by atomic mass is 79.9. The summed E-state index contributed by atoms with van der Waals surface area (Å²) in [4.78, 5) is 0. The van der Waals surface area contributed by atoms with Gasteiger partial charge in [-0.15, -0.1) is 0 Å². The maximum atomic E-state index is 3.60. The quantitative estimate of drug-likeness (QED) is 0.0624. The largest absolute Gasteiger partial charge is 1.00 e. The van der Waals surface area contributed by atoms with Gasteiger partial charge in [-0.1, -0.05) is 193 Å². The molecule has 0 radical (unpaired) electrons. The summed E-state index contributed by atoms with van der Waals surface area (Å²) >= 11 is 10.3. The Balaban J connectivity index is 0.000000233. The van der Waals surface area contributed by atoms with Gasteiger partial charge >= 0.3 is 0 Å². The predicted octanol–water partition coefficient (Wildman–Crippen LogP) is 8.16. The molecule has 0 aliphatic rings. The molecule has 0 nitrogen and oxygen atoms in total. The molecule has 0 aliphatic heterocycles. The van der Waals surface area contributed by atoms with Crippen molar-refractivity contribution in [3.63, 3.8) is 0 Å². The van der Waals surface area contributed by atoms with Gasteiger partial charge in [0.15, 0.2) is 0 Å². The molecule has 0 fully saturated rings. The lowest BCUT2D eigenvalue weighted by Crippen LogP contribution is -3.00. The Labute approximate surface area is 338 Å². The molecule has 0 aromatic heterocycles. The highest BCUT2D eigenvalue weighted by Crippen LogP contribution is 2.55. The van der Waals surface area contributed by atoms with Crippen molar-refractivity contribution >= 4 is 94.8 Å². The fraction of sp³-hybridized carbons (Fsp3) is 0.182. The summed E-state index contributed by atoms with van der Waals surface area (Å²) in [6.45, 7) is 0. The van der Waals surface area contributed by atoms with Gasteiger partial charge in [-0.05, 0) is 85.9 Å². The topological polar surface area (TPSA) is 0 Å². The Morgan fingerprint density at radius 3 is 0.840 bits per heavy atom. The van der Waals surface area contributed by atoms with Gasteiger partial charge in [-0.2, -0.15) is 0 Å². The molecule has 6 aromatic rings. The molecular weight excluding hydrogens is 910 g/mol. The molecular formula is C44H46Br4P2.